The Bertz CT molecular complexity index is 1430. The van der Waals surface area contributed by atoms with Gasteiger partial charge in [0.15, 0.2) is 17.3 Å². The third-order valence-corrected chi connectivity index (χ3v) is 6.94. The van der Waals surface area contributed by atoms with Gasteiger partial charge in [-0.2, -0.15) is 5.10 Å². The minimum Gasteiger partial charge on any atom is -0.448 e. The van der Waals surface area contributed by atoms with Crippen LogP contribution in [0.1, 0.15) is 53.3 Å². The number of aromatic nitrogens is 2. The zero-order chi connectivity index (χ0) is 27.0. The van der Waals surface area contributed by atoms with Crippen LogP contribution in [0.2, 0.25) is 0 Å². The third kappa shape index (κ3) is 4.37. The second kappa shape index (κ2) is 10.2. The van der Waals surface area contributed by atoms with Crippen LogP contribution in [-0.4, -0.2) is 52.7 Å². The van der Waals surface area contributed by atoms with Crippen molar-refractivity contribution >= 4 is 12.1 Å². The van der Waals surface area contributed by atoms with Crippen LogP contribution < -0.4 is 10.2 Å². The Hall–Kier alpha value is -4.28. The van der Waals surface area contributed by atoms with Gasteiger partial charge in [-0.25, -0.2) is 13.6 Å². The van der Waals surface area contributed by atoms with E-state index >= 15 is 4.39 Å². The van der Waals surface area contributed by atoms with E-state index in [1.807, 2.05) is 6.07 Å². The molecule has 2 aliphatic heterocycles. The summed E-state index contributed by atoms with van der Waals surface area (Å²) >= 11 is 0. The highest BCUT2D eigenvalue weighted by Gasteiger charge is 2.49. The Balaban J connectivity index is 1.72. The van der Waals surface area contributed by atoms with Crippen molar-refractivity contribution in [1.82, 2.24) is 14.7 Å². The summed E-state index contributed by atoms with van der Waals surface area (Å²) in [6.07, 6.45) is -0.0253. The Labute approximate surface area is 216 Å². The molecule has 1 amide bonds. The molecule has 1 fully saturated rings. The number of rotatable bonds is 6. The van der Waals surface area contributed by atoms with Gasteiger partial charge in [0.2, 0.25) is 17.5 Å². The average molecular weight is 526 g/mol. The molecular weight excluding hydrogens is 500 g/mol. The van der Waals surface area contributed by atoms with E-state index in [1.54, 1.807) is 29.2 Å². The molecule has 0 saturated carbocycles. The molecule has 9 nitrogen and oxygen atoms in total. The van der Waals surface area contributed by atoms with E-state index in [1.165, 1.54) is 23.7 Å². The van der Waals surface area contributed by atoms with E-state index in [4.69, 9.17) is 9.47 Å². The molecule has 3 heterocycles. The molecule has 3 aromatic rings. The molecule has 0 radical (unpaired) electrons. The van der Waals surface area contributed by atoms with Crippen LogP contribution in [0.4, 0.5) is 13.6 Å². The number of methoxy groups -OCH3 is 1. The van der Waals surface area contributed by atoms with E-state index in [9.17, 15) is 18.8 Å². The normalized spacial score (nSPS) is 19.8. The lowest BCUT2D eigenvalue weighted by atomic mass is 9.79. The van der Waals surface area contributed by atoms with Gasteiger partial charge < -0.3 is 19.1 Å². The monoisotopic (exact) mass is 525 g/mol. The van der Waals surface area contributed by atoms with Crippen molar-refractivity contribution in [1.29, 1.82) is 0 Å². The van der Waals surface area contributed by atoms with Gasteiger partial charge >= 0.3 is 6.16 Å². The van der Waals surface area contributed by atoms with E-state index < -0.39 is 53.4 Å². The number of carbonyl (C=O) groups excluding carboxylic acids is 2. The van der Waals surface area contributed by atoms with Crippen LogP contribution in [0.5, 0.6) is 5.75 Å². The van der Waals surface area contributed by atoms with Crippen LogP contribution in [0.15, 0.2) is 59.5 Å². The minimum atomic E-state index is -1.27. The van der Waals surface area contributed by atoms with E-state index in [0.717, 1.165) is 19.4 Å². The molecule has 2 aromatic carbocycles. The number of ether oxygens (including phenoxy) is 3. The fourth-order valence-corrected chi connectivity index (χ4v) is 5.40. The number of fused-ring (bicyclic) bond motifs is 2. The second-order valence-electron chi connectivity index (χ2n) is 9.12. The van der Waals surface area contributed by atoms with Crippen molar-refractivity contribution in [3.63, 3.8) is 0 Å². The predicted octanol–water partition coefficient (Wildman–Crippen LogP) is 4.02. The molecule has 0 N–H and O–H groups in total. The maximum absolute atomic E-state index is 15.3. The SMILES string of the molecule is COC(=O)OC(C)Oc1c2n(ncc1=O)[C@@H]([C@H](c1ccccc1)c1cccc(F)c1F)[C@H]1CCCN1C2=O. The molecule has 11 heteroatoms. The van der Waals surface area contributed by atoms with Gasteiger partial charge in [-0.3, -0.25) is 14.3 Å². The van der Waals surface area contributed by atoms with E-state index in [-0.39, 0.29) is 17.0 Å². The van der Waals surface area contributed by atoms with Crippen LogP contribution >= 0.6 is 0 Å². The molecule has 0 spiro atoms. The summed E-state index contributed by atoms with van der Waals surface area (Å²) in [7, 11) is 1.12. The standard InChI is InChI=1S/C27H25F2N3O6/c1-15(38-27(35)36-2)37-25-20(33)14-30-32-23(19-12-7-13-31(19)26(34)24(25)32)21(16-8-4-3-5-9-16)17-10-6-11-18(28)22(17)29/h3-6,8-11,14-15,19,21,23H,7,12-13H2,1-2H3/t15?,19-,21-,23-/m1/s1. The first-order chi connectivity index (χ1) is 18.3. The van der Waals surface area contributed by atoms with Gasteiger partial charge in [0.25, 0.3) is 5.91 Å². The smallest absolute Gasteiger partial charge is 0.448 e. The quantitative estimate of drug-likeness (QED) is 0.354. The summed E-state index contributed by atoms with van der Waals surface area (Å²) in [5.74, 6) is -3.61. The Morgan fingerprint density at radius 3 is 2.61 bits per heavy atom. The van der Waals surface area contributed by atoms with Gasteiger partial charge in [-0.1, -0.05) is 42.5 Å². The molecule has 1 saturated heterocycles. The largest absolute Gasteiger partial charge is 0.511 e. The maximum atomic E-state index is 15.3. The van der Waals surface area contributed by atoms with Crippen LogP contribution in [0, 0.1) is 11.6 Å². The summed E-state index contributed by atoms with van der Waals surface area (Å²) in [5, 5.41) is 4.31. The Morgan fingerprint density at radius 2 is 1.87 bits per heavy atom. The van der Waals surface area contributed by atoms with E-state index in [0.29, 0.717) is 24.9 Å². The van der Waals surface area contributed by atoms with Gasteiger partial charge in [-0.05, 0) is 24.5 Å². The number of hydrogen-bond donors (Lipinski definition) is 0. The van der Waals surface area contributed by atoms with Crippen LogP contribution in [0.3, 0.4) is 0 Å². The van der Waals surface area contributed by atoms with Crippen molar-refractivity contribution < 1.29 is 32.6 Å². The molecule has 0 bridgehead atoms. The average Bonchev–Trinajstić information content (AvgIpc) is 3.40. The summed E-state index contributed by atoms with van der Waals surface area (Å²) in [6, 6.07) is 11.9. The lowest BCUT2D eigenvalue weighted by molar-refractivity contribution is -0.0488. The summed E-state index contributed by atoms with van der Waals surface area (Å²) < 4.78 is 46.2. The second-order valence-corrected chi connectivity index (χ2v) is 9.12. The Morgan fingerprint density at radius 1 is 1.11 bits per heavy atom. The molecule has 38 heavy (non-hydrogen) atoms. The predicted molar refractivity (Wildman–Crippen MR) is 130 cm³/mol. The molecule has 198 valence electrons. The first kappa shape index (κ1) is 25.4. The van der Waals surface area contributed by atoms with Crippen molar-refractivity contribution in [3.8, 4) is 5.75 Å². The Kier molecular flexibility index (Phi) is 6.83. The molecule has 0 aliphatic carbocycles. The zero-order valence-corrected chi connectivity index (χ0v) is 20.7. The van der Waals surface area contributed by atoms with Gasteiger partial charge in [0, 0.05) is 24.9 Å². The number of amides is 1. The summed E-state index contributed by atoms with van der Waals surface area (Å²) in [6.45, 7) is 1.77. The van der Waals surface area contributed by atoms with Gasteiger partial charge in [0.1, 0.15) is 0 Å². The highest BCUT2D eigenvalue weighted by molar-refractivity contribution is 5.96. The minimum absolute atomic E-state index is 0.0960. The van der Waals surface area contributed by atoms with Crippen molar-refractivity contribution in [2.75, 3.05) is 13.7 Å². The first-order valence-corrected chi connectivity index (χ1v) is 12.1. The third-order valence-electron chi connectivity index (χ3n) is 6.94. The molecule has 1 aromatic heterocycles. The van der Waals surface area contributed by atoms with Crippen molar-refractivity contribution in [2.45, 2.75) is 44.1 Å². The number of nitrogens with zero attached hydrogens (tertiary/aromatic N) is 3. The highest BCUT2D eigenvalue weighted by Crippen LogP contribution is 2.46. The van der Waals surface area contributed by atoms with E-state index in [2.05, 4.69) is 9.84 Å². The molecule has 2 aliphatic rings. The number of halogens is 2. The molecule has 4 atom stereocenters. The molecule has 5 rings (SSSR count). The van der Waals surface area contributed by atoms with Gasteiger partial charge in [-0.15, -0.1) is 0 Å². The lowest BCUT2D eigenvalue weighted by Gasteiger charge is -2.43. The summed E-state index contributed by atoms with van der Waals surface area (Å²) in [4.78, 5) is 39.7. The molecule has 1 unspecified atom stereocenters. The number of carbonyl (C=O) groups is 2. The van der Waals surface area contributed by atoms with Crippen LogP contribution in [0.25, 0.3) is 0 Å². The maximum Gasteiger partial charge on any atom is 0.511 e. The van der Waals surface area contributed by atoms with Gasteiger partial charge in [0.05, 0.1) is 25.4 Å². The fraction of sp³-hybridized carbons (Fsp3) is 0.333. The van der Waals surface area contributed by atoms with Crippen LogP contribution in [-0.2, 0) is 9.47 Å². The summed E-state index contributed by atoms with van der Waals surface area (Å²) in [5.41, 5.74) is -0.0774. The topological polar surface area (TPSA) is 100.0 Å². The van der Waals surface area contributed by atoms with Crippen molar-refractivity contribution in [2.24, 2.45) is 0 Å². The highest BCUT2D eigenvalue weighted by atomic mass is 19.2. The zero-order valence-electron chi connectivity index (χ0n) is 20.7. The lowest BCUT2D eigenvalue weighted by Crippen LogP contribution is -2.51. The number of hydrogen-bond acceptors (Lipinski definition) is 7. The number of benzene rings is 2. The molecular formula is C27H25F2N3O6. The van der Waals surface area contributed by atoms with Crippen molar-refractivity contribution in [3.05, 3.63) is 93.4 Å². The fourth-order valence-electron chi connectivity index (χ4n) is 5.40. The first-order valence-electron chi connectivity index (χ1n) is 12.1.